The Morgan fingerprint density at radius 2 is 1.77 bits per heavy atom. The Hall–Kier alpha value is -2.75. The number of β-amino-alcohol motifs (C(OH)–C–C–N with tert-alkyl or cyclic N) is 1. The van der Waals surface area contributed by atoms with E-state index in [1.807, 2.05) is 6.92 Å². The highest BCUT2D eigenvalue weighted by atomic mass is 32.2. The van der Waals surface area contributed by atoms with Crippen molar-refractivity contribution in [3.05, 3.63) is 63.7 Å². The lowest BCUT2D eigenvalue weighted by molar-refractivity contribution is 0.0478. The van der Waals surface area contributed by atoms with Gasteiger partial charge in [0.05, 0.1) is 34.5 Å². The number of nitrogens with zero attached hydrogens (tertiary/aromatic N) is 1. The molecule has 0 spiro atoms. The molecule has 9 heteroatoms. The van der Waals surface area contributed by atoms with E-state index < -0.39 is 21.9 Å². The predicted octanol–water partition coefficient (Wildman–Crippen LogP) is 2.60. The summed E-state index contributed by atoms with van der Waals surface area (Å²) in [5.74, 6) is -0.607. The van der Waals surface area contributed by atoms with Crippen molar-refractivity contribution in [1.82, 2.24) is 4.90 Å². The topological polar surface area (TPSA) is 110 Å². The maximum absolute atomic E-state index is 13.1. The highest BCUT2D eigenvalue weighted by Crippen LogP contribution is 2.31. The molecular formula is C26H29NO7S. The summed E-state index contributed by atoms with van der Waals surface area (Å²) in [5.41, 5.74) is 4.26. The molecule has 0 unspecified atom stereocenters. The van der Waals surface area contributed by atoms with Crippen LogP contribution in [0, 0.1) is 12.8 Å². The molecule has 5 rings (SSSR count). The van der Waals surface area contributed by atoms with Gasteiger partial charge < -0.3 is 19.5 Å². The Bertz CT molecular complexity index is 1280. The molecule has 0 aromatic heterocycles. The fraction of sp³-hybridized carbons (Fsp3) is 0.462. The van der Waals surface area contributed by atoms with E-state index in [4.69, 9.17) is 9.47 Å². The molecule has 1 saturated heterocycles. The average Bonchev–Trinajstić information content (AvgIpc) is 3.22. The van der Waals surface area contributed by atoms with Crippen LogP contribution in [0.5, 0.6) is 0 Å². The molecule has 8 nitrogen and oxygen atoms in total. The van der Waals surface area contributed by atoms with Crippen molar-refractivity contribution in [3.63, 3.8) is 0 Å². The van der Waals surface area contributed by atoms with E-state index in [0.717, 1.165) is 35.1 Å². The van der Waals surface area contributed by atoms with Gasteiger partial charge in [0, 0.05) is 18.5 Å². The van der Waals surface area contributed by atoms with Crippen molar-refractivity contribution in [2.75, 3.05) is 32.0 Å². The van der Waals surface area contributed by atoms with Gasteiger partial charge in [-0.1, -0.05) is 6.07 Å². The highest BCUT2D eigenvalue weighted by molar-refractivity contribution is 7.91. The first kappa shape index (κ1) is 24.0. The number of hydrogen-bond acceptors (Lipinski definition) is 8. The number of likely N-dealkylation sites (tertiary alicyclic amines) is 1. The van der Waals surface area contributed by atoms with E-state index in [0.29, 0.717) is 37.2 Å². The molecule has 0 bridgehead atoms. The molecule has 1 atom stereocenters. The van der Waals surface area contributed by atoms with E-state index in [1.165, 1.54) is 6.07 Å². The lowest BCUT2D eigenvalue weighted by Gasteiger charge is -2.33. The molecular weight excluding hydrogens is 470 g/mol. The summed E-state index contributed by atoms with van der Waals surface area (Å²) in [7, 11) is -3.47. The maximum atomic E-state index is 13.1. The number of ether oxygens (including phenoxy) is 2. The second kappa shape index (κ2) is 9.37. The number of aliphatic hydroxyl groups excluding tert-OH is 1. The van der Waals surface area contributed by atoms with Crippen LogP contribution in [0.25, 0.3) is 0 Å². The Morgan fingerprint density at radius 1 is 1.06 bits per heavy atom. The van der Waals surface area contributed by atoms with Crippen LogP contribution in [-0.4, -0.2) is 62.4 Å². The molecule has 0 saturated carbocycles. The summed E-state index contributed by atoms with van der Waals surface area (Å²) in [4.78, 5) is 26.0. The number of benzene rings is 2. The maximum Gasteiger partial charge on any atom is 0.338 e. The number of carbonyl (C=O) groups excluding carboxylic acids is 2. The summed E-state index contributed by atoms with van der Waals surface area (Å²) in [5, 5.41) is 10.9. The summed E-state index contributed by atoms with van der Waals surface area (Å²) < 4.78 is 36.2. The van der Waals surface area contributed by atoms with Crippen LogP contribution in [0.1, 0.15) is 61.9 Å². The minimum Gasteiger partial charge on any atom is -0.462 e. The lowest BCUT2D eigenvalue weighted by Crippen LogP contribution is -2.38. The van der Waals surface area contributed by atoms with Crippen LogP contribution in [-0.2, 0) is 32.3 Å². The molecule has 0 aliphatic carbocycles. The van der Waals surface area contributed by atoms with Crippen LogP contribution in [0.3, 0.4) is 0 Å². The van der Waals surface area contributed by atoms with Crippen molar-refractivity contribution >= 4 is 21.8 Å². The number of carbonyl (C=O) groups is 2. The Kier molecular flexibility index (Phi) is 6.41. The first-order valence-corrected chi connectivity index (χ1v) is 13.6. The Balaban J connectivity index is 1.18. The predicted molar refractivity (Wildman–Crippen MR) is 127 cm³/mol. The van der Waals surface area contributed by atoms with Crippen molar-refractivity contribution in [1.29, 1.82) is 0 Å². The SMILES string of the molecule is Cc1c([C@H](O)CN2CCC(CS(=O)(=O)c3ccc4c(c3)CCOC4=O)CC2)ccc2c1COC2=O. The number of cyclic esters (lactones) is 2. The zero-order valence-electron chi connectivity index (χ0n) is 19.7. The van der Waals surface area contributed by atoms with Gasteiger partial charge in [-0.15, -0.1) is 0 Å². The van der Waals surface area contributed by atoms with Crippen molar-refractivity contribution in [2.45, 2.75) is 43.8 Å². The molecule has 3 aliphatic heterocycles. The highest BCUT2D eigenvalue weighted by Gasteiger charge is 2.30. The van der Waals surface area contributed by atoms with E-state index in [1.54, 1.807) is 24.3 Å². The van der Waals surface area contributed by atoms with Gasteiger partial charge in [-0.25, -0.2) is 18.0 Å². The van der Waals surface area contributed by atoms with Crippen LogP contribution in [0.2, 0.25) is 0 Å². The van der Waals surface area contributed by atoms with Gasteiger partial charge in [0.1, 0.15) is 6.61 Å². The molecule has 3 heterocycles. The van der Waals surface area contributed by atoms with E-state index in [9.17, 15) is 23.1 Å². The van der Waals surface area contributed by atoms with Gasteiger partial charge >= 0.3 is 11.9 Å². The van der Waals surface area contributed by atoms with E-state index in [2.05, 4.69) is 4.90 Å². The number of hydrogen-bond donors (Lipinski definition) is 1. The standard InChI is InChI=1S/C26H29NO7S/c1-16-20(4-5-22-23(16)14-34-26(22)30)24(28)13-27-9-6-17(7-10-27)15-35(31,32)19-2-3-21-18(12-19)8-11-33-25(21)29/h2-5,12,17,24,28H,6-11,13-15H2,1H3/t24-/m1/s1. The fourth-order valence-electron chi connectivity index (χ4n) is 5.31. The molecule has 1 fully saturated rings. The molecule has 1 N–H and O–H groups in total. The third-order valence-electron chi connectivity index (χ3n) is 7.42. The lowest BCUT2D eigenvalue weighted by atomic mass is 9.94. The average molecular weight is 500 g/mol. The van der Waals surface area contributed by atoms with Gasteiger partial charge in [0.25, 0.3) is 0 Å². The molecule has 2 aromatic rings. The fourth-order valence-corrected chi connectivity index (χ4v) is 7.06. The number of esters is 2. The summed E-state index contributed by atoms with van der Waals surface area (Å²) in [6, 6.07) is 8.19. The second-order valence-electron chi connectivity index (χ2n) is 9.63. The molecule has 3 aliphatic rings. The molecule has 2 aromatic carbocycles. The second-order valence-corrected chi connectivity index (χ2v) is 11.7. The van der Waals surface area contributed by atoms with Crippen molar-refractivity contribution in [2.24, 2.45) is 5.92 Å². The van der Waals surface area contributed by atoms with Crippen LogP contribution in [0.15, 0.2) is 35.2 Å². The Labute approximate surface area is 204 Å². The largest absolute Gasteiger partial charge is 0.462 e. The first-order chi connectivity index (χ1) is 16.7. The monoisotopic (exact) mass is 499 g/mol. The smallest absolute Gasteiger partial charge is 0.338 e. The van der Waals surface area contributed by atoms with Gasteiger partial charge in [0.2, 0.25) is 0 Å². The summed E-state index contributed by atoms with van der Waals surface area (Å²) in [6.45, 7) is 4.29. The zero-order chi connectivity index (χ0) is 24.7. The molecule has 186 valence electrons. The number of piperidine rings is 1. The van der Waals surface area contributed by atoms with E-state index in [-0.39, 0.29) is 35.7 Å². The third-order valence-corrected chi connectivity index (χ3v) is 9.30. The molecule has 0 radical (unpaired) electrons. The number of sulfone groups is 1. The van der Waals surface area contributed by atoms with Gasteiger partial charge in [0.15, 0.2) is 9.84 Å². The number of aliphatic hydroxyl groups is 1. The molecule has 0 amide bonds. The Morgan fingerprint density at radius 3 is 2.54 bits per heavy atom. The third kappa shape index (κ3) is 4.72. The minimum absolute atomic E-state index is 0.0410. The van der Waals surface area contributed by atoms with Crippen molar-refractivity contribution in [3.8, 4) is 0 Å². The number of fused-ring (bicyclic) bond motifs is 2. The van der Waals surface area contributed by atoms with Gasteiger partial charge in [-0.2, -0.15) is 0 Å². The van der Waals surface area contributed by atoms with E-state index >= 15 is 0 Å². The normalized spacial score (nSPS) is 19.6. The van der Waals surface area contributed by atoms with Crippen LogP contribution < -0.4 is 0 Å². The first-order valence-electron chi connectivity index (χ1n) is 12.0. The van der Waals surface area contributed by atoms with Crippen molar-refractivity contribution < 1.29 is 32.6 Å². The molecule has 35 heavy (non-hydrogen) atoms. The van der Waals surface area contributed by atoms with Crippen LogP contribution in [0.4, 0.5) is 0 Å². The van der Waals surface area contributed by atoms with Gasteiger partial charge in [-0.3, -0.25) is 0 Å². The zero-order valence-corrected chi connectivity index (χ0v) is 20.5. The number of rotatable bonds is 6. The summed E-state index contributed by atoms with van der Waals surface area (Å²) >= 11 is 0. The van der Waals surface area contributed by atoms with Gasteiger partial charge in [-0.05, 0) is 79.7 Å². The quantitative estimate of drug-likeness (QED) is 0.604. The van der Waals surface area contributed by atoms with Crippen LogP contribution >= 0.6 is 0 Å². The minimum atomic E-state index is -3.47. The summed E-state index contributed by atoms with van der Waals surface area (Å²) in [6.07, 6.45) is 1.29.